The Morgan fingerprint density at radius 1 is 1.19 bits per heavy atom. The van der Waals surface area contributed by atoms with Gasteiger partial charge in [0.2, 0.25) is 5.91 Å². The van der Waals surface area contributed by atoms with Crippen LogP contribution in [0.1, 0.15) is 34.3 Å². The van der Waals surface area contributed by atoms with Crippen molar-refractivity contribution < 1.29 is 14.0 Å². The normalized spacial score (nSPS) is 14.9. The lowest BCUT2D eigenvalue weighted by Crippen LogP contribution is -2.43. The molecule has 0 spiro atoms. The van der Waals surface area contributed by atoms with Gasteiger partial charge in [-0.05, 0) is 37.5 Å². The van der Waals surface area contributed by atoms with Gasteiger partial charge in [0.05, 0.1) is 10.6 Å². The van der Waals surface area contributed by atoms with Crippen LogP contribution in [0.15, 0.2) is 42.5 Å². The average Bonchev–Trinajstić information content (AvgIpc) is 2.66. The summed E-state index contributed by atoms with van der Waals surface area (Å²) in [4.78, 5) is 26.5. The van der Waals surface area contributed by atoms with Gasteiger partial charge in [-0.3, -0.25) is 9.59 Å². The van der Waals surface area contributed by atoms with E-state index >= 15 is 0 Å². The summed E-state index contributed by atoms with van der Waals surface area (Å²) in [5, 5.41) is 3.08. The fourth-order valence-electron chi connectivity index (χ4n) is 3.36. The molecule has 142 valence electrons. The number of carbonyl (C=O) groups excluding carboxylic acids is 2. The number of likely N-dealkylation sites (tertiary alicyclic amines) is 1. The van der Waals surface area contributed by atoms with Gasteiger partial charge >= 0.3 is 0 Å². The minimum Gasteiger partial charge on any atom is -0.352 e. The van der Waals surface area contributed by atoms with E-state index in [9.17, 15) is 14.0 Å². The second-order valence-corrected chi connectivity index (χ2v) is 7.28. The number of benzene rings is 2. The molecule has 1 aliphatic rings. The third kappa shape index (κ3) is 4.66. The molecule has 0 radical (unpaired) electrons. The summed E-state index contributed by atoms with van der Waals surface area (Å²) in [6.45, 7) is 3.32. The van der Waals surface area contributed by atoms with Gasteiger partial charge in [-0.15, -0.1) is 0 Å². The molecule has 3 rings (SSSR count). The lowest BCUT2D eigenvalue weighted by molar-refractivity contribution is -0.126. The minimum absolute atomic E-state index is 0.00692. The van der Waals surface area contributed by atoms with Crippen molar-refractivity contribution in [3.8, 4) is 0 Å². The van der Waals surface area contributed by atoms with E-state index in [-0.39, 0.29) is 22.4 Å². The first-order valence-corrected chi connectivity index (χ1v) is 9.40. The molecule has 1 heterocycles. The van der Waals surface area contributed by atoms with Gasteiger partial charge in [-0.1, -0.05) is 47.5 Å². The number of hydrogen-bond acceptors (Lipinski definition) is 2. The van der Waals surface area contributed by atoms with E-state index < -0.39 is 11.7 Å². The molecule has 1 saturated heterocycles. The molecule has 2 aromatic rings. The van der Waals surface area contributed by atoms with Crippen molar-refractivity contribution in [2.45, 2.75) is 26.3 Å². The zero-order valence-corrected chi connectivity index (χ0v) is 15.9. The van der Waals surface area contributed by atoms with Crippen LogP contribution < -0.4 is 5.32 Å². The first-order valence-electron chi connectivity index (χ1n) is 9.02. The summed E-state index contributed by atoms with van der Waals surface area (Å²) in [5.74, 6) is -1.19. The summed E-state index contributed by atoms with van der Waals surface area (Å²) in [6.07, 6.45) is 1.11. The van der Waals surface area contributed by atoms with Crippen molar-refractivity contribution in [3.05, 3.63) is 70.0 Å². The number of rotatable bonds is 4. The standard InChI is InChI=1S/C21H22ClFN2O2/c1-14-4-2-5-15(12-14)13-24-20(26)16-8-10-25(11-9-16)21(27)19-17(22)6-3-7-18(19)23/h2-7,12,16H,8-11,13H2,1H3,(H,24,26). The molecule has 1 N–H and O–H groups in total. The van der Waals surface area contributed by atoms with E-state index in [0.29, 0.717) is 32.5 Å². The third-order valence-electron chi connectivity index (χ3n) is 4.88. The molecule has 2 amide bonds. The van der Waals surface area contributed by atoms with Crippen LogP contribution >= 0.6 is 11.6 Å². The Kier molecular flexibility index (Phi) is 6.11. The zero-order chi connectivity index (χ0) is 19.4. The van der Waals surface area contributed by atoms with Crippen LogP contribution in [0.2, 0.25) is 5.02 Å². The first kappa shape index (κ1) is 19.4. The Morgan fingerprint density at radius 2 is 1.89 bits per heavy atom. The number of halogens is 2. The Bertz CT molecular complexity index is 828. The minimum atomic E-state index is -0.620. The maximum absolute atomic E-state index is 14.0. The maximum Gasteiger partial charge on any atom is 0.258 e. The molecule has 0 unspecified atom stereocenters. The molecule has 27 heavy (non-hydrogen) atoms. The second-order valence-electron chi connectivity index (χ2n) is 6.87. The van der Waals surface area contributed by atoms with Crippen LogP contribution in [0.25, 0.3) is 0 Å². The van der Waals surface area contributed by atoms with Gasteiger partial charge in [0, 0.05) is 25.6 Å². The summed E-state index contributed by atoms with van der Waals surface area (Å²) in [7, 11) is 0. The molecule has 0 atom stereocenters. The van der Waals surface area contributed by atoms with Crippen LogP contribution in [-0.4, -0.2) is 29.8 Å². The Labute approximate surface area is 163 Å². The summed E-state index contributed by atoms with van der Waals surface area (Å²) >= 11 is 5.98. The van der Waals surface area contributed by atoms with Crippen molar-refractivity contribution in [2.75, 3.05) is 13.1 Å². The summed E-state index contributed by atoms with van der Waals surface area (Å²) in [6, 6.07) is 12.2. The highest BCUT2D eigenvalue weighted by Crippen LogP contribution is 2.24. The van der Waals surface area contributed by atoms with E-state index in [2.05, 4.69) is 5.32 Å². The van der Waals surface area contributed by atoms with Crippen LogP contribution in [0.3, 0.4) is 0 Å². The molecule has 6 heteroatoms. The predicted molar refractivity (Wildman–Crippen MR) is 103 cm³/mol. The highest BCUT2D eigenvalue weighted by Gasteiger charge is 2.29. The molecule has 1 fully saturated rings. The molecular formula is C21H22ClFN2O2. The largest absolute Gasteiger partial charge is 0.352 e. The number of piperidine rings is 1. The Morgan fingerprint density at radius 3 is 2.56 bits per heavy atom. The highest BCUT2D eigenvalue weighted by molar-refractivity contribution is 6.33. The van der Waals surface area contributed by atoms with Crippen molar-refractivity contribution in [2.24, 2.45) is 5.92 Å². The SMILES string of the molecule is Cc1cccc(CNC(=O)C2CCN(C(=O)c3c(F)cccc3Cl)CC2)c1. The van der Waals surface area contributed by atoms with Gasteiger partial charge < -0.3 is 10.2 Å². The fraction of sp³-hybridized carbons (Fsp3) is 0.333. The van der Waals surface area contributed by atoms with E-state index in [0.717, 1.165) is 11.1 Å². The van der Waals surface area contributed by atoms with Crippen LogP contribution in [0, 0.1) is 18.7 Å². The number of aryl methyl sites for hydroxylation is 1. The second kappa shape index (κ2) is 8.53. The van der Waals surface area contributed by atoms with Crippen LogP contribution in [0.5, 0.6) is 0 Å². The molecular weight excluding hydrogens is 367 g/mol. The zero-order valence-electron chi connectivity index (χ0n) is 15.2. The number of carbonyl (C=O) groups is 2. The van der Waals surface area contributed by atoms with Gasteiger partial charge in [-0.2, -0.15) is 0 Å². The molecule has 2 aromatic carbocycles. The van der Waals surface area contributed by atoms with Crippen molar-refractivity contribution in [1.29, 1.82) is 0 Å². The van der Waals surface area contributed by atoms with Gasteiger partial charge in [0.25, 0.3) is 5.91 Å². The highest BCUT2D eigenvalue weighted by atomic mass is 35.5. The molecule has 4 nitrogen and oxygen atoms in total. The number of nitrogens with zero attached hydrogens (tertiary/aromatic N) is 1. The smallest absolute Gasteiger partial charge is 0.258 e. The lowest BCUT2D eigenvalue weighted by atomic mass is 9.95. The fourth-order valence-corrected chi connectivity index (χ4v) is 3.60. The molecule has 0 aliphatic carbocycles. The van der Waals surface area contributed by atoms with E-state index in [1.54, 1.807) is 4.90 Å². The van der Waals surface area contributed by atoms with E-state index in [4.69, 9.17) is 11.6 Å². The average molecular weight is 389 g/mol. The first-order chi connectivity index (χ1) is 13.0. The topological polar surface area (TPSA) is 49.4 Å². The van der Waals surface area contributed by atoms with Crippen LogP contribution in [0.4, 0.5) is 4.39 Å². The number of nitrogens with one attached hydrogen (secondary N) is 1. The lowest BCUT2D eigenvalue weighted by Gasteiger charge is -2.31. The van der Waals surface area contributed by atoms with Gasteiger partial charge in [-0.25, -0.2) is 4.39 Å². The molecule has 1 aliphatic heterocycles. The maximum atomic E-state index is 14.0. The Balaban J connectivity index is 1.54. The van der Waals surface area contributed by atoms with Crippen molar-refractivity contribution >= 4 is 23.4 Å². The van der Waals surface area contributed by atoms with Crippen molar-refractivity contribution in [1.82, 2.24) is 10.2 Å². The van der Waals surface area contributed by atoms with Gasteiger partial charge in [0.15, 0.2) is 0 Å². The molecule has 0 saturated carbocycles. The summed E-state index contributed by atoms with van der Waals surface area (Å²) < 4.78 is 14.0. The van der Waals surface area contributed by atoms with Gasteiger partial charge in [0.1, 0.15) is 5.82 Å². The van der Waals surface area contributed by atoms with Crippen LogP contribution in [-0.2, 0) is 11.3 Å². The van der Waals surface area contributed by atoms with E-state index in [1.807, 2.05) is 31.2 Å². The number of hydrogen-bond donors (Lipinski definition) is 1. The molecule has 0 bridgehead atoms. The quantitative estimate of drug-likeness (QED) is 0.861. The summed E-state index contributed by atoms with van der Waals surface area (Å²) in [5.41, 5.74) is 2.12. The number of amides is 2. The van der Waals surface area contributed by atoms with Crippen molar-refractivity contribution in [3.63, 3.8) is 0 Å². The third-order valence-corrected chi connectivity index (χ3v) is 5.19. The predicted octanol–water partition coefficient (Wildman–Crippen LogP) is 3.96. The Hall–Kier alpha value is -2.40. The molecule has 0 aromatic heterocycles. The van der Waals surface area contributed by atoms with E-state index in [1.165, 1.54) is 18.2 Å². The monoisotopic (exact) mass is 388 g/mol.